The van der Waals surface area contributed by atoms with Crippen LogP contribution in [-0.4, -0.2) is 25.4 Å². The molecule has 0 fully saturated rings. The SMILES string of the molecule is COc1ccccc1-c1c(Br)[c]c(C)cc1C(F)(C(F)(F)F)C(F)(F)C(F)(F)F. The highest BCUT2D eigenvalue weighted by molar-refractivity contribution is 9.10. The zero-order valence-corrected chi connectivity index (χ0v) is 16.2. The van der Waals surface area contributed by atoms with Gasteiger partial charge in [-0.05, 0) is 34.5 Å². The van der Waals surface area contributed by atoms with Gasteiger partial charge < -0.3 is 4.74 Å². The Bertz CT molecular complexity index is 905. The van der Waals surface area contributed by atoms with Crippen LogP contribution in [0.1, 0.15) is 11.1 Å². The normalized spacial score (nSPS) is 15.2. The Kier molecular flexibility index (Phi) is 5.97. The highest BCUT2D eigenvalue weighted by Gasteiger charge is 2.82. The van der Waals surface area contributed by atoms with E-state index in [0.29, 0.717) is 0 Å². The lowest BCUT2D eigenvalue weighted by atomic mass is 9.81. The number of halogens is 10. The molecule has 1 unspecified atom stereocenters. The van der Waals surface area contributed by atoms with Crippen molar-refractivity contribution >= 4 is 15.9 Å². The van der Waals surface area contributed by atoms with Crippen LogP contribution in [0.4, 0.5) is 39.5 Å². The minimum Gasteiger partial charge on any atom is -0.496 e. The van der Waals surface area contributed by atoms with Gasteiger partial charge >= 0.3 is 23.9 Å². The Morgan fingerprint density at radius 3 is 1.93 bits per heavy atom. The molecule has 0 amide bonds. The van der Waals surface area contributed by atoms with Gasteiger partial charge in [0.1, 0.15) is 5.75 Å². The van der Waals surface area contributed by atoms with E-state index >= 15 is 4.39 Å². The maximum absolute atomic E-state index is 15.2. The Balaban J connectivity index is 3.05. The van der Waals surface area contributed by atoms with Gasteiger partial charge in [0.25, 0.3) is 0 Å². The molecule has 2 rings (SSSR count). The number of hydrogen-bond donors (Lipinski definition) is 0. The smallest absolute Gasteiger partial charge is 0.457 e. The van der Waals surface area contributed by atoms with Crippen molar-refractivity contribution < 1.29 is 44.3 Å². The average molecular weight is 494 g/mol. The molecule has 0 spiro atoms. The number of benzene rings is 2. The van der Waals surface area contributed by atoms with E-state index in [-0.39, 0.29) is 22.9 Å². The van der Waals surface area contributed by atoms with E-state index < -0.39 is 39.5 Å². The van der Waals surface area contributed by atoms with Gasteiger partial charge in [-0.25, -0.2) is 4.39 Å². The molecule has 0 heterocycles. The molecule has 0 aliphatic rings. The van der Waals surface area contributed by atoms with Gasteiger partial charge in [0, 0.05) is 27.2 Å². The van der Waals surface area contributed by atoms with Gasteiger partial charge in [0.2, 0.25) is 0 Å². The molecular weight excluding hydrogens is 483 g/mol. The van der Waals surface area contributed by atoms with Gasteiger partial charge in [-0.1, -0.05) is 24.3 Å². The zero-order chi connectivity index (χ0) is 22.4. The van der Waals surface area contributed by atoms with Crippen molar-refractivity contribution in [2.45, 2.75) is 30.9 Å². The van der Waals surface area contributed by atoms with Crippen molar-refractivity contribution in [3.05, 3.63) is 52.0 Å². The number of rotatable bonds is 4. The lowest BCUT2D eigenvalue weighted by molar-refractivity contribution is -0.389. The number of aryl methyl sites for hydroxylation is 1. The topological polar surface area (TPSA) is 9.23 Å². The second-order valence-corrected chi connectivity index (χ2v) is 6.78. The predicted octanol–water partition coefficient (Wildman–Crippen LogP) is 7.16. The second kappa shape index (κ2) is 7.41. The summed E-state index contributed by atoms with van der Waals surface area (Å²) in [4.78, 5) is 0. The van der Waals surface area contributed by atoms with Crippen LogP contribution in [0, 0.1) is 13.0 Å². The van der Waals surface area contributed by atoms with Crippen LogP contribution in [0.2, 0.25) is 0 Å². The van der Waals surface area contributed by atoms with Crippen molar-refractivity contribution in [1.29, 1.82) is 0 Å². The first kappa shape index (κ1) is 23.4. The number of hydrogen-bond acceptors (Lipinski definition) is 1. The van der Waals surface area contributed by atoms with Crippen LogP contribution in [0.25, 0.3) is 11.1 Å². The lowest BCUT2D eigenvalue weighted by Gasteiger charge is -2.37. The standard InChI is InChI=1S/C18H11BrF9O/c1-9-7-11(15(20,17(23,24)25)16(21,22)18(26,27)28)14(12(19)8-9)10-5-3-4-6-13(10)29-2/h3-7H,1-2H3. The molecule has 0 aliphatic carbocycles. The third kappa shape index (κ3) is 3.69. The molecule has 2 aromatic rings. The maximum Gasteiger partial charge on any atom is 0.457 e. The molecule has 159 valence electrons. The predicted molar refractivity (Wildman–Crippen MR) is 89.5 cm³/mol. The van der Waals surface area contributed by atoms with Gasteiger partial charge in [0.05, 0.1) is 7.11 Å². The van der Waals surface area contributed by atoms with Crippen molar-refractivity contribution in [2.24, 2.45) is 0 Å². The van der Waals surface area contributed by atoms with Gasteiger partial charge in [-0.2, -0.15) is 35.1 Å². The van der Waals surface area contributed by atoms with E-state index in [2.05, 4.69) is 22.0 Å². The summed E-state index contributed by atoms with van der Waals surface area (Å²) in [5.41, 5.74) is -9.53. The monoisotopic (exact) mass is 493 g/mol. The van der Waals surface area contributed by atoms with Gasteiger partial charge in [-0.15, -0.1) is 0 Å². The molecular formula is C18H11BrF9O. The summed E-state index contributed by atoms with van der Waals surface area (Å²) in [6.45, 7) is 1.07. The molecule has 1 radical (unpaired) electrons. The van der Waals surface area contributed by atoms with E-state index in [1.807, 2.05) is 0 Å². The second-order valence-electron chi connectivity index (χ2n) is 5.98. The fourth-order valence-corrected chi connectivity index (χ4v) is 3.50. The summed E-state index contributed by atoms with van der Waals surface area (Å²) < 4.78 is 127. The third-order valence-electron chi connectivity index (χ3n) is 4.08. The van der Waals surface area contributed by atoms with Crippen molar-refractivity contribution in [3.8, 4) is 16.9 Å². The molecule has 0 aromatic heterocycles. The molecule has 1 nitrogen and oxygen atoms in total. The van der Waals surface area contributed by atoms with Crippen molar-refractivity contribution in [1.82, 2.24) is 0 Å². The fraction of sp³-hybridized carbons (Fsp3) is 0.333. The Hall–Kier alpha value is -1.91. The Labute approximate surface area is 167 Å². The number of alkyl halides is 9. The van der Waals surface area contributed by atoms with E-state index in [9.17, 15) is 35.1 Å². The molecule has 0 aliphatic heterocycles. The zero-order valence-electron chi connectivity index (χ0n) is 14.6. The molecule has 0 bridgehead atoms. The number of methoxy groups -OCH3 is 1. The first-order valence-electron chi connectivity index (χ1n) is 7.66. The minimum atomic E-state index is -6.82. The van der Waals surface area contributed by atoms with E-state index in [4.69, 9.17) is 4.74 Å². The number of para-hydroxylation sites is 1. The van der Waals surface area contributed by atoms with Gasteiger partial charge in [-0.3, -0.25) is 0 Å². The quantitative estimate of drug-likeness (QED) is 0.410. The van der Waals surface area contributed by atoms with Crippen LogP contribution >= 0.6 is 15.9 Å². The first-order chi connectivity index (χ1) is 13.1. The van der Waals surface area contributed by atoms with Crippen molar-refractivity contribution in [2.75, 3.05) is 7.11 Å². The van der Waals surface area contributed by atoms with E-state index in [1.54, 1.807) is 0 Å². The first-order valence-corrected chi connectivity index (χ1v) is 8.45. The highest BCUT2D eigenvalue weighted by atomic mass is 79.9. The highest BCUT2D eigenvalue weighted by Crippen LogP contribution is 2.60. The Morgan fingerprint density at radius 1 is 0.897 bits per heavy atom. The van der Waals surface area contributed by atoms with E-state index in [0.717, 1.165) is 20.1 Å². The number of ether oxygens (including phenoxy) is 1. The summed E-state index contributed by atoms with van der Waals surface area (Å²) >= 11 is 2.80. The lowest BCUT2D eigenvalue weighted by Crippen LogP contribution is -2.60. The molecule has 2 aromatic carbocycles. The van der Waals surface area contributed by atoms with Gasteiger partial charge in [0.15, 0.2) is 0 Å². The van der Waals surface area contributed by atoms with Crippen molar-refractivity contribution in [3.63, 3.8) is 0 Å². The maximum atomic E-state index is 15.2. The molecule has 0 saturated carbocycles. The van der Waals surface area contributed by atoms with Crippen LogP contribution in [-0.2, 0) is 5.67 Å². The summed E-state index contributed by atoms with van der Waals surface area (Å²) in [5, 5.41) is 0. The van der Waals surface area contributed by atoms with Crippen LogP contribution in [0.15, 0.2) is 34.8 Å². The van der Waals surface area contributed by atoms with Crippen LogP contribution < -0.4 is 4.74 Å². The third-order valence-corrected chi connectivity index (χ3v) is 4.68. The summed E-state index contributed by atoms with van der Waals surface area (Å²) in [7, 11) is 1.10. The minimum absolute atomic E-state index is 0.174. The largest absolute Gasteiger partial charge is 0.496 e. The molecule has 29 heavy (non-hydrogen) atoms. The van der Waals surface area contributed by atoms with Crippen LogP contribution in [0.5, 0.6) is 5.75 Å². The molecule has 1 atom stereocenters. The summed E-state index contributed by atoms with van der Waals surface area (Å²) in [5.74, 6) is -6.96. The molecule has 0 saturated heterocycles. The van der Waals surface area contributed by atoms with Crippen LogP contribution in [0.3, 0.4) is 0 Å². The summed E-state index contributed by atoms with van der Waals surface area (Å²) in [6, 6.07) is 7.67. The Morgan fingerprint density at radius 2 is 1.45 bits per heavy atom. The fourth-order valence-electron chi connectivity index (χ4n) is 2.76. The average Bonchev–Trinajstić information content (AvgIpc) is 2.58. The van der Waals surface area contributed by atoms with E-state index in [1.165, 1.54) is 18.2 Å². The summed E-state index contributed by atoms with van der Waals surface area (Å²) in [6.07, 6.45) is -13.4. The molecule has 11 heteroatoms. The molecule has 0 N–H and O–H groups in total.